The summed E-state index contributed by atoms with van der Waals surface area (Å²) >= 11 is 4.83. The SMILES string of the molecule is C=CC(=O)O/C(C=C)=C(C)/C=C\C.CCN(CC)CCNC(=S)OC.CN. The molecule has 0 aliphatic carbocycles. The summed E-state index contributed by atoms with van der Waals surface area (Å²) in [5, 5.41) is 3.47. The molecule has 7 heteroatoms. The van der Waals surface area contributed by atoms with Gasteiger partial charge in [0.2, 0.25) is 0 Å². The first-order valence-corrected chi connectivity index (χ1v) is 9.22. The molecular formula is C20H37N3O3S. The quantitative estimate of drug-likeness (QED) is 0.203. The van der Waals surface area contributed by atoms with Gasteiger partial charge in [0.25, 0.3) is 5.17 Å². The van der Waals surface area contributed by atoms with Gasteiger partial charge in [0.15, 0.2) is 0 Å². The molecule has 6 nitrogen and oxygen atoms in total. The van der Waals surface area contributed by atoms with Crippen LogP contribution in [0.4, 0.5) is 0 Å². The number of nitrogens with one attached hydrogen (secondary N) is 1. The Morgan fingerprint density at radius 3 is 2.15 bits per heavy atom. The van der Waals surface area contributed by atoms with Gasteiger partial charge in [-0.1, -0.05) is 39.2 Å². The number of allylic oxidation sites excluding steroid dienone is 4. The fourth-order valence-corrected chi connectivity index (χ4v) is 1.80. The highest BCUT2D eigenvalue weighted by atomic mass is 32.1. The molecule has 0 aromatic heterocycles. The number of hydrogen-bond donors (Lipinski definition) is 2. The summed E-state index contributed by atoms with van der Waals surface area (Å²) in [6, 6.07) is 0. The molecule has 0 aromatic rings. The van der Waals surface area contributed by atoms with Crippen LogP contribution in [0.3, 0.4) is 0 Å². The minimum Gasteiger partial charge on any atom is -0.474 e. The average Bonchev–Trinajstić information content (AvgIpc) is 2.71. The molecule has 0 spiro atoms. The van der Waals surface area contributed by atoms with Crippen molar-refractivity contribution < 1.29 is 14.3 Å². The Labute approximate surface area is 170 Å². The van der Waals surface area contributed by atoms with E-state index in [0.29, 0.717) is 10.9 Å². The normalized spacial score (nSPS) is 10.5. The van der Waals surface area contributed by atoms with E-state index >= 15 is 0 Å². The molecule has 0 aliphatic heterocycles. The number of carbonyl (C=O) groups excluding carboxylic acids is 1. The summed E-state index contributed by atoms with van der Waals surface area (Å²) in [4.78, 5) is 13.2. The number of methoxy groups -OCH3 is 1. The zero-order chi connectivity index (χ0) is 21.7. The lowest BCUT2D eigenvalue weighted by molar-refractivity contribution is -0.133. The number of nitrogens with zero attached hydrogens (tertiary/aromatic N) is 1. The average molecular weight is 400 g/mol. The van der Waals surface area contributed by atoms with Crippen LogP contribution in [-0.2, 0) is 14.3 Å². The molecule has 0 aliphatic rings. The van der Waals surface area contributed by atoms with Gasteiger partial charge in [-0.05, 0) is 57.9 Å². The van der Waals surface area contributed by atoms with Gasteiger partial charge in [-0.15, -0.1) is 0 Å². The largest absolute Gasteiger partial charge is 0.474 e. The Bertz CT molecular complexity index is 485. The van der Waals surface area contributed by atoms with Gasteiger partial charge in [-0.3, -0.25) is 0 Å². The summed E-state index contributed by atoms with van der Waals surface area (Å²) in [5.74, 6) is -0.0123. The van der Waals surface area contributed by atoms with Crippen molar-refractivity contribution in [2.75, 3.05) is 40.3 Å². The van der Waals surface area contributed by atoms with Crippen LogP contribution >= 0.6 is 12.2 Å². The second-order valence-corrected chi connectivity index (χ2v) is 5.19. The lowest BCUT2D eigenvalue weighted by Crippen LogP contribution is -2.34. The molecule has 0 saturated heterocycles. The molecule has 0 unspecified atom stereocenters. The highest BCUT2D eigenvalue weighted by Gasteiger charge is 2.01. The van der Waals surface area contributed by atoms with Crippen molar-refractivity contribution in [1.29, 1.82) is 0 Å². The van der Waals surface area contributed by atoms with Crippen molar-refractivity contribution in [3.8, 4) is 0 Å². The Hall–Kier alpha value is -1.96. The number of hydrogen-bond acceptors (Lipinski definition) is 6. The maximum Gasteiger partial charge on any atom is 0.335 e. The van der Waals surface area contributed by atoms with Crippen LogP contribution in [0.25, 0.3) is 0 Å². The fourth-order valence-electron chi connectivity index (χ4n) is 1.69. The summed E-state index contributed by atoms with van der Waals surface area (Å²) < 4.78 is 9.72. The predicted molar refractivity (Wildman–Crippen MR) is 120 cm³/mol. The van der Waals surface area contributed by atoms with Crippen LogP contribution in [-0.4, -0.2) is 56.4 Å². The highest BCUT2D eigenvalue weighted by molar-refractivity contribution is 7.80. The topological polar surface area (TPSA) is 76.8 Å². The van der Waals surface area contributed by atoms with Gasteiger partial charge < -0.3 is 25.4 Å². The minimum atomic E-state index is -0.473. The highest BCUT2D eigenvalue weighted by Crippen LogP contribution is 2.08. The van der Waals surface area contributed by atoms with Crippen molar-refractivity contribution in [3.05, 3.63) is 48.8 Å². The molecule has 0 rings (SSSR count). The Balaban J connectivity index is -0.000000391. The number of likely N-dealkylation sites (N-methyl/N-ethyl adjacent to an activating group) is 1. The molecule has 0 aromatic carbocycles. The van der Waals surface area contributed by atoms with Gasteiger partial charge >= 0.3 is 5.97 Å². The van der Waals surface area contributed by atoms with E-state index < -0.39 is 5.97 Å². The Kier molecular flexibility index (Phi) is 24.4. The smallest absolute Gasteiger partial charge is 0.335 e. The van der Waals surface area contributed by atoms with Crippen LogP contribution in [0.1, 0.15) is 27.7 Å². The molecule has 156 valence electrons. The van der Waals surface area contributed by atoms with E-state index in [1.807, 2.05) is 26.0 Å². The standard InChI is InChI=1S/C11H14O2.C8H18N2OS.CH5N/c1-5-8-9(4)10(6-2)13-11(12)7-3;1-4-10(5-2)7-6-9-8(12)11-3;1-2/h5-8H,2-3H2,1,4H3;4-7H2,1-3H3,(H,9,12);2H2,1H3/b8-5-,10-9+;;. The molecule has 0 heterocycles. The van der Waals surface area contributed by atoms with E-state index in [-0.39, 0.29) is 0 Å². The van der Waals surface area contributed by atoms with E-state index in [2.05, 4.69) is 43.0 Å². The van der Waals surface area contributed by atoms with Gasteiger partial charge in [-0.2, -0.15) is 0 Å². The zero-order valence-corrected chi connectivity index (χ0v) is 18.5. The number of esters is 1. The third kappa shape index (κ3) is 18.6. The van der Waals surface area contributed by atoms with Crippen LogP contribution in [0.2, 0.25) is 0 Å². The molecule has 27 heavy (non-hydrogen) atoms. The van der Waals surface area contributed by atoms with Crippen molar-refractivity contribution in [2.45, 2.75) is 27.7 Å². The maximum atomic E-state index is 10.8. The first kappa shape index (κ1) is 29.8. The molecular weight excluding hydrogens is 362 g/mol. The van der Waals surface area contributed by atoms with E-state index in [1.165, 1.54) is 13.1 Å². The first-order chi connectivity index (χ1) is 12.9. The Morgan fingerprint density at radius 2 is 1.78 bits per heavy atom. The second-order valence-electron chi connectivity index (χ2n) is 4.82. The molecule has 3 N–H and O–H groups in total. The lowest BCUT2D eigenvalue weighted by Gasteiger charge is -2.18. The predicted octanol–water partition coefficient (Wildman–Crippen LogP) is 3.18. The van der Waals surface area contributed by atoms with E-state index in [9.17, 15) is 4.79 Å². The van der Waals surface area contributed by atoms with E-state index in [1.54, 1.807) is 7.11 Å². The minimum absolute atomic E-state index is 0.461. The number of ether oxygens (including phenoxy) is 2. The van der Waals surface area contributed by atoms with Crippen LogP contribution < -0.4 is 11.1 Å². The summed E-state index contributed by atoms with van der Waals surface area (Å²) in [7, 11) is 3.08. The van der Waals surface area contributed by atoms with Crippen LogP contribution in [0, 0.1) is 0 Å². The van der Waals surface area contributed by atoms with Crippen molar-refractivity contribution in [3.63, 3.8) is 0 Å². The number of rotatable bonds is 9. The number of carbonyl (C=O) groups is 1. The zero-order valence-electron chi connectivity index (χ0n) is 17.7. The Morgan fingerprint density at radius 1 is 1.22 bits per heavy atom. The summed E-state index contributed by atoms with van der Waals surface area (Å²) in [6.45, 7) is 18.9. The van der Waals surface area contributed by atoms with Gasteiger partial charge in [0.05, 0.1) is 7.11 Å². The van der Waals surface area contributed by atoms with E-state index in [4.69, 9.17) is 21.7 Å². The van der Waals surface area contributed by atoms with Crippen molar-refractivity contribution in [1.82, 2.24) is 10.2 Å². The van der Waals surface area contributed by atoms with Crippen LogP contribution in [0.5, 0.6) is 0 Å². The third-order valence-corrected chi connectivity index (χ3v) is 3.46. The lowest BCUT2D eigenvalue weighted by atomic mass is 10.2. The molecule has 0 bridgehead atoms. The number of nitrogens with two attached hydrogens (primary N) is 1. The van der Waals surface area contributed by atoms with Gasteiger partial charge in [0, 0.05) is 19.2 Å². The van der Waals surface area contributed by atoms with Gasteiger partial charge in [-0.25, -0.2) is 4.79 Å². The second kappa shape index (κ2) is 22.1. The van der Waals surface area contributed by atoms with Crippen LogP contribution in [0.15, 0.2) is 48.8 Å². The fraction of sp³-hybridized carbons (Fsp3) is 0.500. The summed E-state index contributed by atoms with van der Waals surface area (Å²) in [5.41, 5.74) is 5.35. The van der Waals surface area contributed by atoms with Crippen molar-refractivity contribution >= 4 is 23.4 Å². The maximum absolute atomic E-state index is 10.8. The van der Waals surface area contributed by atoms with Crippen molar-refractivity contribution in [2.24, 2.45) is 5.73 Å². The van der Waals surface area contributed by atoms with E-state index in [0.717, 1.165) is 37.8 Å². The molecule has 0 atom stereocenters. The number of thiocarbonyl (C=S) groups is 1. The first-order valence-electron chi connectivity index (χ1n) is 8.82. The molecule has 0 amide bonds. The monoisotopic (exact) mass is 399 g/mol. The molecule has 0 saturated carbocycles. The van der Waals surface area contributed by atoms with Gasteiger partial charge in [0.1, 0.15) is 5.76 Å². The molecule has 0 fully saturated rings. The summed E-state index contributed by atoms with van der Waals surface area (Å²) in [6.07, 6.45) is 6.32. The molecule has 0 radical (unpaired) electrons. The third-order valence-electron chi connectivity index (χ3n) is 3.15.